The van der Waals surface area contributed by atoms with Crippen LogP contribution in [0.3, 0.4) is 0 Å². The van der Waals surface area contributed by atoms with E-state index in [0.29, 0.717) is 0 Å². The first-order chi connectivity index (χ1) is 3.73. The average Bonchev–Trinajstić information content (AvgIpc) is 1.75. The van der Waals surface area contributed by atoms with Crippen LogP contribution in [0.5, 0.6) is 0 Å². The molecule has 0 atom stereocenters. The number of rotatable bonds is 0. The standard InChI is InChI=1S/C3H8O.C2H6.CH4O/c1-3(2)4;2*1-2/h3-4H,1-2H3;1-2H3;2H,1H3. The number of hydrogen-bond donors (Lipinski definition) is 2. The second kappa shape index (κ2) is 28.4. The van der Waals surface area contributed by atoms with Crippen LogP contribution in [0.1, 0.15) is 27.7 Å². The highest BCUT2D eigenvalue weighted by Crippen LogP contribution is 1.65. The van der Waals surface area contributed by atoms with Gasteiger partial charge in [0.2, 0.25) is 0 Å². The molecule has 0 bridgehead atoms. The molecule has 0 unspecified atom stereocenters. The first kappa shape index (κ1) is 15.7. The average molecular weight is 122 g/mol. The number of aliphatic hydroxyl groups excluding tert-OH is 2. The Labute approximate surface area is 52.2 Å². The summed E-state index contributed by atoms with van der Waals surface area (Å²) < 4.78 is 0. The molecule has 2 heteroatoms. The van der Waals surface area contributed by atoms with E-state index < -0.39 is 0 Å². The molecule has 0 fully saturated rings. The van der Waals surface area contributed by atoms with Crippen molar-refractivity contribution in [2.45, 2.75) is 33.8 Å². The minimum Gasteiger partial charge on any atom is -0.400 e. The summed E-state index contributed by atoms with van der Waals surface area (Å²) in [6.45, 7) is 7.44. The molecule has 0 aromatic heterocycles. The fourth-order valence-electron chi connectivity index (χ4n) is 0. The quantitative estimate of drug-likeness (QED) is 0.503. The maximum atomic E-state index is 8.06. The molecule has 2 N–H and O–H groups in total. The molecule has 0 amide bonds. The molecule has 0 radical (unpaired) electrons. The van der Waals surface area contributed by atoms with E-state index in [9.17, 15) is 0 Å². The van der Waals surface area contributed by atoms with Gasteiger partial charge in [0.1, 0.15) is 0 Å². The highest BCUT2D eigenvalue weighted by molar-refractivity contribution is 4.20. The van der Waals surface area contributed by atoms with E-state index in [1.807, 2.05) is 13.8 Å². The van der Waals surface area contributed by atoms with Crippen molar-refractivity contribution in [1.82, 2.24) is 0 Å². The van der Waals surface area contributed by atoms with E-state index in [0.717, 1.165) is 7.11 Å². The maximum Gasteiger partial charge on any atom is 0.0483 e. The Balaban J connectivity index is -0.0000000542. The summed E-state index contributed by atoms with van der Waals surface area (Å²) in [7, 11) is 1.00. The molecular formula is C6H18O2. The van der Waals surface area contributed by atoms with Crippen molar-refractivity contribution in [2.75, 3.05) is 7.11 Å². The largest absolute Gasteiger partial charge is 0.400 e. The Bertz CT molecular complexity index is 11.2. The Morgan fingerprint density at radius 2 is 1.00 bits per heavy atom. The molecule has 0 aliphatic carbocycles. The minimum absolute atomic E-state index is 0.167. The molecule has 0 aromatic carbocycles. The zero-order valence-electron chi connectivity index (χ0n) is 6.47. The van der Waals surface area contributed by atoms with Crippen LogP contribution in [0.25, 0.3) is 0 Å². The van der Waals surface area contributed by atoms with Crippen LogP contribution < -0.4 is 0 Å². The summed E-state index contributed by atoms with van der Waals surface area (Å²) in [6, 6.07) is 0. The predicted octanol–water partition coefficient (Wildman–Crippen LogP) is 1.02. The van der Waals surface area contributed by atoms with Gasteiger partial charge in [-0.15, -0.1) is 0 Å². The van der Waals surface area contributed by atoms with Gasteiger partial charge in [0.15, 0.2) is 0 Å². The van der Waals surface area contributed by atoms with E-state index in [4.69, 9.17) is 10.2 Å². The van der Waals surface area contributed by atoms with Crippen LogP contribution >= 0.6 is 0 Å². The summed E-state index contributed by atoms with van der Waals surface area (Å²) in [5, 5.41) is 15.1. The first-order valence-electron chi connectivity index (χ1n) is 2.86. The molecule has 0 spiro atoms. The van der Waals surface area contributed by atoms with Gasteiger partial charge in [0.25, 0.3) is 0 Å². The lowest BCUT2D eigenvalue weighted by atomic mass is 10.5. The van der Waals surface area contributed by atoms with Crippen LogP contribution in [0.2, 0.25) is 0 Å². The van der Waals surface area contributed by atoms with Gasteiger partial charge in [0, 0.05) is 13.2 Å². The van der Waals surface area contributed by atoms with Crippen molar-refractivity contribution < 1.29 is 10.2 Å². The summed E-state index contributed by atoms with van der Waals surface area (Å²) in [5.74, 6) is 0. The normalized spacial score (nSPS) is 6.00. The lowest BCUT2D eigenvalue weighted by molar-refractivity contribution is 0.216. The first-order valence-corrected chi connectivity index (χ1v) is 2.86. The van der Waals surface area contributed by atoms with Gasteiger partial charge in [-0.3, -0.25) is 0 Å². The lowest BCUT2D eigenvalue weighted by Crippen LogP contribution is -1.85. The van der Waals surface area contributed by atoms with E-state index in [1.165, 1.54) is 0 Å². The third-order valence-electron chi connectivity index (χ3n) is 0. The third-order valence-corrected chi connectivity index (χ3v) is 0. The Kier molecular flexibility index (Phi) is 55.7. The summed E-state index contributed by atoms with van der Waals surface area (Å²) >= 11 is 0. The smallest absolute Gasteiger partial charge is 0.0483 e. The van der Waals surface area contributed by atoms with Crippen molar-refractivity contribution in [3.05, 3.63) is 0 Å². The molecule has 0 saturated carbocycles. The molecule has 0 aromatic rings. The molecule has 0 aliphatic rings. The van der Waals surface area contributed by atoms with Crippen LogP contribution in [0.15, 0.2) is 0 Å². The maximum absolute atomic E-state index is 8.06. The van der Waals surface area contributed by atoms with Gasteiger partial charge >= 0.3 is 0 Å². The number of aliphatic hydroxyl groups is 2. The van der Waals surface area contributed by atoms with Crippen LogP contribution in [-0.4, -0.2) is 23.4 Å². The van der Waals surface area contributed by atoms with Gasteiger partial charge in [-0.05, 0) is 13.8 Å². The Morgan fingerprint density at radius 1 is 1.00 bits per heavy atom. The monoisotopic (exact) mass is 122 g/mol. The van der Waals surface area contributed by atoms with Crippen molar-refractivity contribution in [2.24, 2.45) is 0 Å². The van der Waals surface area contributed by atoms with Gasteiger partial charge in [-0.25, -0.2) is 0 Å². The highest BCUT2D eigenvalue weighted by atomic mass is 16.3. The van der Waals surface area contributed by atoms with Crippen molar-refractivity contribution >= 4 is 0 Å². The second-order valence-electron chi connectivity index (χ2n) is 1.09. The molecule has 0 saturated heterocycles. The Morgan fingerprint density at radius 3 is 1.00 bits per heavy atom. The molecule has 2 nitrogen and oxygen atoms in total. The van der Waals surface area contributed by atoms with E-state index in [-0.39, 0.29) is 6.10 Å². The molecule has 54 valence electrons. The fourth-order valence-corrected chi connectivity index (χ4v) is 0. The zero-order chi connectivity index (χ0) is 7.58. The van der Waals surface area contributed by atoms with E-state index >= 15 is 0 Å². The summed E-state index contributed by atoms with van der Waals surface area (Å²) in [4.78, 5) is 0. The third kappa shape index (κ3) is 22400. The van der Waals surface area contributed by atoms with Crippen LogP contribution in [0, 0.1) is 0 Å². The number of hydrogen-bond acceptors (Lipinski definition) is 2. The molecule has 0 rings (SSSR count). The van der Waals surface area contributed by atoms with E-state index in [2.05, 4.69) is 0 Å². The van der Waals surface area contributed by atoms with Gasteiger partial charge in [0.05, 0.1) is 0 Å². The van der Waals surface area contributed by atoms with Gasteiger partial charge in [-0.2, -0.15) is 0 Å². The minimum atomic E-state index is -0.167. The molecule has 0 aliphatic heterocycles. The van der Waals surface area contributed by atoms with E-state index in [1.54, 1.807) is 13.8 Å². The summed E-state index contributed by atoms with van der Waals surface area (Å²) in [5.41, 5.74) is 0. The van der Waals surface area contributed by atoms with Crippen molar-refractivity contribution in [3.63, 3.8) is 0 Å². The van der Waals surface area contributed by atoms with Gasteiger partial charge < -0.3 is 10.2 Å². The summed E-state index contributed by atoms with van der Waals surface area (Å²) in [6.07, 6.45) is -0.167. The Hall–Kier alpha value is -0.0800. The molecule has 0 heterocycles. The molecular weight excluding hydrogens is 104 g/mol. The van der Waals surface area contributed by atoms with Crippen LogP contribution in [-0.2, 0) is 0 Å². The predicted molar refractivity (Wildman–Crippen MR) is 36.8 cm³/mol. The van der Waals surface area contributed by atoms with Crippen molar-refractivity contribution in [3.8, 4) is 0 Å². The fraction of sp³-hybridized carbons (Fsp3) is 1.00. The SMILES string of the molecule is CC.CC(C)O.CO. The van der Waals surface area contributed by atoms with Gasteiger partial charge in [-0.1, -0.05) is 13.8 Å². The lowest BCUT2D eigenvalue weighted by Gasteiger charge is -1.80. The van der Waals surface area contributed by atoms with Crippen molar-refractivity contribution in [1.29, 1.82) is 0 Å². The second-order valence-corrected chi connectivity index (χ2v) is 1.09. The zero-order valence-corrected chi connectivity index (χ0v) is 6.47. The van der Waals surface area contributed by atoms with Crippen LogP contribution in [0.4, 0.5) is 0 Å². The highest BCUT2D eigenvalue weighted by Gasteiger charge is 1.69. The molecule has 8 heavy (non-hydrogen) atoms. The topological polar surface area (TPSA) is 40.5 Å².